The molecule has 0 saturated carbocycles. The third-order valence-corrected chi connectivity index (χ3v) is 3.61. The number of benzene rings is 2. The molecule has 1 unspecified atom stereocenters. The van der Waals surface area contributed by atoms with Gasteiger partial charge in [-0.2, -0.15) is 0 Å². The smallest absolute Gasteiger partial charge is 0.118 e. The molecule has 0 aliphatic heterocycles. The van der Waals surface area contributed by atoms with E-state index in [-0.39, 0.29) is 6.10 Å². The highest BCUT2D eigenvalue weighted by Crippen LogP contribution is 2.34. The molecule has 1 atom stereocenters. The number of aliphatic hydroxyl groups is 1. The van der Waals surface area contributed by atoms with Gasteiger partial charge in [0.25, 0.3) is 0 Å². The van der Waals surface area contributed by atoms with Gasteiger partial charge in [-0.15, -0.1) is 0 Å². The van der Waals surface area contributed by atoms with Crippen molar-refractivity contribution in [1.29, 1.82) is 0 Å². The van der Waals surface area contributed by atoms with E-state index in [0.29, 0.717) is 0 Å². The Balaban J connectivity index is 1.97. The molecule has 0 amide bonds. The lowest BCUT2D eigenvalue weighted by Crippen LogP contribution is -1.90. The van der Waals surface area contributed by atoms with Gasteiger partial charge in [0.2, 0.25) is 0 Å². The van der Waals surface area contributed by atoms with E-state index in [1.807, 2.05) is 18.2 Å². The molecule has 0 saturated heterocycles. The molecule has 0 spiro atoms. The summed E-state index contributed by atoms with van der Waals surface area (Å²) >= 11 is 0. The summed E-state index contributed by atoms with van der Waals surface area (Å²) in [5, 5.41) is 9.79. The van der Waals surface area contributed by atoms with Gasteiger partial charge in [0.05, 0.1) is 13.2 Å². The van der Waals surface area contributed by atoms with Gasteiger partial charge in [0.1, 0.15) is 5.75 Å². The van der Waals surface area contributed by atoms with Crippen molar-refractivity contribution in [1.82, 2.24) is 0 Å². The zero-order valence-corrected chi connectivity index (χ0v) is 10.4. The Morgan fingerprint density at radius 3 is 2.50 bits per heavy atom. The van der Waals surface area contributed by atoms with Crippen LogP contribution in [0.5, 0.6) is 5.75 Å². The topological polar surface area (TPSA) is 29.5 Å². The van der Waals surface area contributed by atoms with Crippen LogP contribution >= 0.6 is 0 Å². The second kappa shape index (κ2) is 4.46. The molecule has 92 valence electrons. The molecule has 0 heterocycles. The van der Waals surface area contributed by atoms with Crippen LogP contribution in [-0.4, -0.2) is 12.2 Å². The lowest BCUT2D eigenvalue weighted by Gasteiger charge is -2.07. The number of hydrogen-bond acceptors (Lipinski definition) is 2. The number of aliphatic hydroxyl groups excluding tert-OH is 1. The van der Waals surface area contributed by atoms with E-state index >= 15 is 0 Å². The first-order chi connectivity index (χ1) is 8.78. The minimum atomic E-state index is -0.273. The molecule has 0 fully saturated rings. The highest BCUT2D eigenvalue weighted by Gasteiger charge is 2.20. The van der Waals surface area contributed by atoms with Gasteiger partial charge < -0.3 is 9.84 Å². The summed E-state index contributed by atoms with van der Waals surface area (Å²) in [6, 6.07) is 14.4. The molecule has 1 N–H and O–H groups in total. The van der Waals surface area contributed by atoms with E-state index in [4.69, 9.17) is 4.74 Å². The minimum Gasteiger partial charge on any atom is -0.497 e. The van der Waals surface area contributed by atoms with E-state index in [0.717, 1.165) is 24.2 Å². The fraction of sp³-hybridized carbons (Fsp3) is 0.250. The number of ether oxygens (including phenoxy) is 1. The molecule has 0 radical (unpaired) electrons. The Kier molecular flexibility index (Phi) is 2.80. The van der Waals surface area contributed by atoms with E-state index in [9.17, 15) is 5.11 Å². The number of hydrogen-bond donors (Lipinski definition) is 1. The largest absolute Gasteiger partial charge is 0.497 e. The Morgan fingerprint density at radius 2 is 1.78 bits per heavy atom. The summed E-state index contributed by atoms with van der Waals surface area (Å²) in [6.07, 6.45) is 1.55. The molecule has 2 aromatic rings. The molecule has 0 bridgehead atoms. The third kappa shape index (κ3) is 1.89. The summed E-state index contributed by atoms with van der Waals surface area (Å²) in [4.78, 5) is 0. The number of rotatable bonds is 2. The molecular weight excluding hydrogens is 224 g/mol. The second-order valence-corrected chi connectivity index (χ2v) is 4.70. The van der Waals surface area contributed by atoms with Crippen molar-refractivity contribution in [3.63, 3.8) is 0 Å². The molecule has 2 aromatic carbocycles. The third-order valence-electron chi connectivity index (χ3n) is 3.61. The van der Waals surface area contributed by atoms with Crippen molar-refractivity contribution in [2.75, 3.05) is 7.11 Å². The summed E-state index contributed by atoms with van der Waals surface area (Å²) in [7, 11) is 1.67. The lowest BCUT2D eigenvalue weighted by molar-refractivity contribution is 0.180. The fourth-order valence-electron chi connectivity index (χ4n) is 2.56. The summed E-state index contributed by atoms with van der Waals surface area (Å²) < 4.78 is 5.16. The minimum absolute atomic E-state index is 0.273. The van der Waals surface area contributed by atoms with Gasteiger partial charge in [0, 0.05) is 0 Å². The van der Waals surface area contributed by atoms with Crippen molar-refractivity contribution in [3.8, 4) is 16.9 Å². The quantitative estimate of drug-likeness (QED) is 0.872. The average Bonchev–Trinajstić information content (AvgIpc) is 2.80. The summed E-state index contributed by atoms with van der Waals surface area (Å²) in [5.74, 6) is 0.871. The highest BCUT2D eigenvalue weighted by atomic mass is 16.5. The maximum Gasteiger partial charge on any atom is 0.118 e. The van der Waals surface area contributed by atoms with Crippen LogP contribution in [0.2, 0.25) is 0 Å². The van der Waals surface area contributed by atoms with Crippen LogP contribution in [-0.2, 0) is 6.42 Å². The molecule has 1 aliphatic carbocycles. The number of fused-ring (bicyclic) bond motifs is 1. The van der Waals surface area contributed by atoms with Gasteiger partial charge in [-0.25, -0.2) is 0 Å². The van der Waals surface area contributed by atoms with Crippen LogP contribution in [0.15, 0.2) is 42.5 Å². The lowest BCUT2D eigenvalue weighted by atomic mass is 10.0. The monoisotopic (exact) mass is 240 g/mol. The molecular formula is C16H16O2. The summed E-state index contributed by atoms with van der Waals surface area (Å²) in [6.45, 7) is 0. The second-order valence-electron chi connectivity index (χ2n) is 4.70. The first kappa shape index (κ1) is 11.3. The van der Waals surface area contributed by atoms with E-state index in [1.54, 1.807) is 7.11 Å². The zero-order valence-electron chi connectivity index (χ0n) is 10.4. The Hall–Kier alpha value is -1.80. The highest BCUT2D eigenvalue weighted by molar-refractivity contribution is 5.66. The van der Waals surface area contributed by atoms with Crippen LogP contribution in [0.3, 0.4) is 0 Å². The maximum absolute atomic E-state index is 9.79. The van der Waals surface area contributed by atoms with Crippen molar-refractivity contribution < 1.29 is 9.84 Å². The van der Waals surface area contributed by atoms with E-state index in [2.05, 4.69) is 24.3 Å². The predicted octanol–water partition coefficient (Wildman–Crippen LogP) is 3.34. The van der Waals surface area contributed by atoms with Crippen molar-refractivity contribution in [2.45, 2.75) is 18.9 Å². The van der Waals surface area contributed by atoms with E-state index in [1.165, 1.54) is 16.7 Å². The Bertz CT molecular complexity index is 558. The summed E-state index contributed by atoms with van der Waals surface area (Å²) in [5.41, 5.74) is 4.74. The van der Waals surface area contributed by atoms with Crippen LogP contribution in [0.4, 0.5) is 0 Å². The predicted molar refractivity (Wildman–Crippen MR) is 71.7 cm³/mol. The molecule has 1 aliphatic rings. The standard InChI is InChI=1S/C16H16O2/c1-18-14-6-2-11(3-7-14)12-4-8-15-13(10-12)5-9-16(15)17/h2-4,6-8,10,16-17H,5,9H2,1H3. The maximum atomic E-state index is 9.79. The first-order valence-electron chi connectivity index (χ1n) is 6.23. The fourth-order valence-corrected chi connectivity index (χ4v) is 2.56. The molecule has 3 rings (SSSR count). The van der Waals surface area contributed by atoms with Crippen LogP contribution < -0.4 is 4.74 Å². The van der Waals surface area contributed by atoms with Crippen LogP contribution in [0.25, 0.3) is 11.1 Å². The SMILES string of the molecule is COc1ccc(-c2ccc3c(c2)CCC3O)cc1. The Morgan fingerprint density at radius 1 is 1.06 bits per heavy atom. The molecule has 2 heteroatoms. The van der Waals surface area contributed by atoms with Crippen molar-refractivity contribution in [2.24, 2.45) is 0 Å². The van der Waals surface area contributed by atoms with E-state index < -0.39 is 0 Å². The van der Waals surface area contributed by atoms with Crippen LogP contribution in [0, 0.1) is 0 Å². The Labute approximate surface area is 107 Å². The van der Waals surface area contributed by atoms with Crippen molar-refractivity contribution in [3.05, 3.63) is 53.6 Å². The van der Waals surface area contributed by atoms with Crippen molar-refractivity contribution >= 4 is 0 Å². The first-order valence-corrected chi connectivity index (χ1v) is 6.23. The normalized spacial score (nSPS) is 17.6. The molecule has 2 nitrogen and oxygen atoms in total. The van der Waals surface area contributed by atoms with Gasteiger partial charge in [0.15, 0.2) is 0 Å². The zero-order chi connectivity index (χ0) is 12.5. The van der Waals surface area contributed by atoms with Gasteiger partial charge in [-0.05, 0) is 47.2 Å². The molecule has 0 aromatic heterocycles. The van der Waals surface area contributed by atoms with Gasteiger partial charge >= 0.3 is 0 Å². The number of aryl methyl sites for hydroxylation is 1. The van der Waals surface area contributed by atoms with Gasteiger partial charge in [-0.1, -0.05) is 30.3 Å². The number of methoxy groups -OCH3 is 1. The average molecular weight is 240 g/mol. The van der Waals surface area contributed by atoms with Gasteiger partial charge in [-0.3, -0.25) is 0 Å². The molecule has 18 heavy (non-hydrogen) atoms. The van der Waals surface area contributed by atoms with Crippen LogP contribution in [0.1, 0.15) is 23.7 Å².